The largest absolute Gasteiger partial charge is 0.488 e. The number of aromatic nitrogens is 4. The number of hydrogen-bond acceptors (Lipinski definition) is 10. The number of carbonyl (C=O) groups is 4. The van der Waals surface area contributed by atoms with E-state index >= 15 is 0 Å². The van der Waals surface area contributed by atoms with Crippen molar-refractivity contribution in [1.29, 1.82) is 0 Å². The Balaban J connectivity index is 0.869. The van der Waals surface area contributed by atoms with E-state index in [2.05, 4.69) is 32.7 Å². The molecule has 16 heteroatoms. The Morgan fingerprint density at radius 2 is 1.05 bits per heavy atom. The number of benzene rings is 2. The maximum absolute atomic E-state index is 14.0. The van der Waals surface area contributed by atoms with Crippen LogP contribution in [0.4, 0.5) is 9.59 Å². The Morgan fingerprint density at radius 3 is 1.45 bits per heavy atom. The molecule has 2 aromatic heterocycles. The Bertz CT molecular complexity index is 2170. The van der Waals surface area contributed by atoms with Crippen LogP contribution in [0.1, 0.15) is 112 Å². The van der Waals surface area contributed by atoms with E-state index < -0.39 is 24.3 Å². The van der Waals surface area contributed by atoms with E-state index in [1.807, 2.05) is 34.3 Å². The van der Waals surface area contributed by atoms with Gasteiger partial charge in [0.25, 0.3) is 0 Å². The molecule has 10 rings (SSSR count). The number of nitrogens with zero attached hydrogens (tertiary/aromatic N) is 4. The van der Waals surface area contributed by atoms with Gasteiger partial charge in [-0.25, -0.2) is 19.6 Å². The van der Waals surface area contributed by atoms with Gasteiger partial charge < -0.3 is 49.3 Å². The zero-order chi connectivity index (χ0) is 42.5. The summed E-state index contributed by atoms with van der Waals surface area (Å²) >= 11 is 0. The number of likely N-dealkylation sites (tertiary alicyclic amines) is 2. The molecule has 62 heavy (non-hydrogen) atoms. The smallest absolute Gasteiger partial charge is 0.407 e. The van der Waals surface area contributed by atoms with Crippen molar-refractivity contribution in [1.82, 2.24) is 40.4 Å². The molecule has 2 saturated carbocycles. The molecule has 4 amide bonds. The maximum Gasteiger partial charge on any atom is 0.407 e. The van der Waals surface area contributed by atoms with Crippen molar-refractivity contribution < 1.29 is 38.1 Å². The van der Waals surface area contributed by atoms with Crippen LogP contribution < -0.4 is 20.1 Å². The second-order valence-electron chi connectivity index (χ2n) is 17.7. The Hall–Kier alpha value is -6.06. The Kier molecular flexibility index (Phi) is 10.8. The molecule has 4 fully saturated rings. The average Bonchev–Trinajstić information content (AvgIpc) is 4.16. The minimum Gasteiger partial charge on any atom is -0.488 e. The summed E-state index contributed by atoms with van der Waals surface area (Å²) in [5, 5.41) is 5.70. The molecule has 16 nitrogen and oxygen atoms in total. The van der Waals surface area contributed by atoms with Crippen LogP contribution >= 0.6 is 0 Å². The fraction of sp³-hybridized carbons (Fsp3) is 0.522. The van der Waals surface area contributed by atoms with Crippen LogP contribution in [0.15, 0.2) is 36.7 Å². The fourth-order valence-electron chi connectivity index (χ4n) is 11.0. The van der Waals surface area contributed by atoms with E-state index in [-0.39, 0.29) is 35.7 Å². The molecule has 2 aromatic carbocycles. The number of H-pyrrole nitrogens is 2. The number of imidazole rings is 2. The van der Waals surface area contributed by atoms with E-state index in [0.29, 0.717) is 26.3 Å². The lowest BCUT2D eigenvalue weighted by Crippen LogP contribution is -2.51. The van der Waals surface area contributed by atoms with Gasteiger partial charge in [0, 0.05) is 46.5 Å². The number of hydrogen-bond donors (Lipinski definition) is 4. The molecule has 2 saturated heterocycles. The zero-order valence-corrected chi connectivity index (χ0v) is 35.3. The molecule has 0 bridgehead atoms. The first kappa shape index (κ1) is 40.0. The monoisotopic (exact) mass is 846 g/mol. The Morgan fingerprint density at radius 1 is 0.629 bits per heavy atom. The van der Waals surface area contributed by atoms with Crippen molar-refractivity contribution in [2.24, 2.45) is 11.8 Å². The van der Waals surface area contributed by atoms with Crippen LogP contribution in [0.2, 0.25) is 0 Å². The third kappa shape index (κ3) is 7.30. The van der Waals surface area contributed by atoms with Crippen LogP contribution in [-0.4, -0.2) is 93.1 Å². The first-order chi connectivity index (χ1) is 30.3. The molecule has 2 aliphatic carbocycles. The van der Waals surface area contributed by atoms with Gasteiger partial charge in [-0.15, -0.1) is 0 Å². The van der Waals surface area contributed by atoms with Gasteiger partial charge in [0.1, 0.15) is 48.4 Å². The van der Waals surface area contributed by atoms with Crippen molar-refractivity contribution in [2.75, 3.05) is 27.3 Å². The summed E-state index contributed by atoms with van der Waals surface area (Å²) in [6.45, 7) is 1.91. The molecule has 1 unspecified atom stereocenters. The number of alkyl carbamates (subject to hydrolysis) is 2. The summed E-state index contributed by atoms with van der Waals surface area (Å²) in [4.78, 5) is 73.0. The first-order valence-corrected chi connectivity index (χ1v) is 22.3. The molecular weight excluding hydrogens is 793 g/mol. The standard InChI is InChI=1S/C46H54N8O8/c1-59-45(57)51-39(25-9-3-4-10-25)43(55)53-15-7-13-33(53)41-47-21-31(49-41)27-17-29-23-62-36-20-28(18-30-24-61-35(19-27)37(29)38(30)36)32-22-48-42(50-32)34-14-8-16-54(34)44(56)40(52-46(58)60-2)26-11-5-6-12-26/h17-22,25-26,33-34,39-40H,3-16,23-24H2,1-2H3,(H,47,49)(H,48,50)(H,51,57)(H,52,58)/t33-,34-,39-,40?/m0/s1. The van der Waals surface area contributed by atoms with E-state index in [4.69, 9.17) is 28.9 Å². The maximum atomic E-state index is 14.0. The number of aromatic amines is 2. The van der Waals surface area contributed by atoms with Crippen molar-refractivity contribution in [3.8, 4) is 45.1 Å². The zero-order valence-electron chi connectivity index (χ0n) is 35.3. The first-order valence-electron chi connectivity index (χ1n) is 22.3. The minimum absolute atomic E-state index is 0.0802. The van der Waals surface area contributed by atoms with Gasteiger partial charge in [-0.1, -0.05) is 25.7 Å². The molecule has 6 heterocycles. The summed E-state index contributed by atoms with van der Waals surface area (Å²) in [6, 6.07) is 6.63. The highest BCUT2D eigenvalue weighted by Gasteiger charge is 2.42. The van der Waals surface area contributed by atoms with Gasteiger partial charge in [0.05, 0.1) is 50.1 Å². The molecule has 0 radical (unpaired) electrons. The fourth-order valence-corrected chi connectivity index (χ4v) is 11.0. The quantitative estimate of drug-likeness (QED) is 0.128. The van der Waals surface area contributed by atoms with E-state index in [1.165, 1.54) is 14.2 Å². The topological polar surface area (TPSA) is 193 Å². The number of rotatable bonds is 10. The van der Waals surface area contributed by atoms with Gasteiger partial charge in [-0.3, -0.25) is 9.59 Å². The van der Waals surface area contributed by atoms with Crippen molar-refractivity contribution >= 4 is 24.0 Å². The van der Waals surface area contributed by atoms with Gasteiger partial charge in [-0.2, -0.15) is 0 Å². The molecule has 4 aliphatic heterocycles. The summed E-state index contributed by atoms with van der Waals surface area (Å²) in [5.74, 6) is 3.00. The third-order valence-electron chi connectivity index (χ3n) is 14.1. The number of nitrogens with one attached hydrogen (secondary N) is 4. The number of amides is 4. The summed E-state index contributed by atoms with van der Waals surface area (Å²) in [7, 11) is 2.65. The van der Waals surface area contributed by atoms with Crippen LogP contribution in [0.3, 0.4) is 0 Å². The molecular formula is C46H54N8O8. The van der Waals surface area contributed by atoms with Gasteiger partial charge in [0.2, 0.25) is 11.8 Å². The molecule has 0 spiro atoms. The minimum atomic E-state index is -0.620. The molecule has 6 aliphatic rings. The number of ether oxygens (including phenoxy) is 4. The van der Waals surface area contributed by atoms with Crippen LogP contribution in [0.25, 0.3) is 33.6 Å². The molecule has 326 valence electrons. The van der Waals surface area contributed by atoms with Crippen molar-refractivity contribution in [3.05, 3.63) is 59.4 Å². The number of carbonyl (C=O) groups excluding carboxylic acids is 4. The predicted molar refractivity (Wildman–Crippen MR) is 226 cm³/mol. The normalized spacial score (nSPS) is 21.5. The second kappa shape index (κ2) is 16.7. The highest BCUT2D eigenvalue weighted by molar-refractivity contribution is 5.89. The lowest BCUT2D eigenvalue weighted by Gasteiger charge is -2.31. The average molecular weight is 847 g/mol. The van der Waals surface area contributed by atoms with Gasteiger partial charge >= 0.3 is 12.2 Å². The lowest BCUT2D eigenvalue weighted by molar-refractivity contribution is -0.136. The molecule has 4 atom stereocenters. The Labute approximate surface area is 359 Å². The van der Waals surface area contributed by atoms with Crippen LogP contribution in [0, 0.1) is 11.8 Å². The highest BCUT2D eigenvalue weighted by atomic mass is 16.5. The summed E-state index contributed by atoms with van der Waals surface area (Å²) in [5.41, 5.74) is 7.53. The summed E-state index contributed by atoms with van der Waals surface area (Å²) in [6.07, 6.45) is 13.5. The van der Waals surface area contributed by atoms with E-state index in [0.717, 1.165) is 145 Å². The summed E-state index contributed by atoms with van der Waals surface area (Å²) < 4.78 is 22.7. The van der Waals surface area contributed by atoms with E-state index in [1.54, 1.807) is 0 Å². The SMILES string of the molecule is COC(=O)NC(C(=O)N1CCC[C@H]1c1ncc(-c2cc3c4c(c2)OCc2cc(-c5cnc([C@@H]6CCCN6C(=O)[C@@H](NC(=O)OC)C6CCCC6)[nH]5)cc(c2-4)OC3)[nH]1)C1CCCC1. The predicted octanol–water partition coefficient (Wildman–Crippen LogP) is 7.08. The number of methoxy groups -OCH3 is 2. The van der Waals surface area contributed by atoms with Crippen LogP contribution in [0.5, 0.6) is 11.5 Å². The van der Waals surface area contributed by atoms with Crippen molar-refractivity contribution in [2.45, 2.75) is 114 Å². The van der Waals surface area contributed by atoms with Crippen molar-refractivity contribution in [3.63, 3.8) is 0 Å². The molecule has 4 N–H and O–H groups in total. The van der Waals surface area contributed by atoms with Gasteiger partial charge in [0.15, 0.2) is 0 Å². The van der Waals surface area contributed by atoms with E-state index in [9.17, 15) is 19.2 Å². The molecule has 4 aromatic rings. The van der Waals surface area contributed by atoms with Gasteiger partial charge in [-0.05, 0) is 87.5 Å². The third-order valence-corrected chi connectivity index (χ3v) is 14.1. The lowest BCUT2D eigenvalue weighted by atomic mass is 9.87. The highest BCUT2D eigenvalue weighted by Crippen LogP contribution is 2.51. The van der Waals surface area contributed by atoms with Crippen LogP contribution in [-0.2, 0) is 32.3 Å². The second-order valence-corrected chi connectivity index (χ2v) is 17.7.